The molecule has 0 aliphatic carbocycles. The van der Waals surface area contributed by atoms with Crippen LogP contribution in [0.4, 0.5) is 13.2 Å². The number of aromatic nitrogens is 3. The molecule has 2 N–H and O–H groups in total. The molecule has 0 spiro atoms. The minimum absolute atomic E-state index is 0.0363. The van der Waals surface area contributed by atoms with Gasteiger partial charge in [0, 0.05) is 42.4 Å². The van der Waals surface area contributed by atoms with E-state index in [9.17, 15) is 22.3 Å². The Morgan fingerprint density at radius 2 is 1.83 bits per heavy atom. The van der Waals surface area contributed by atoms with Crippen LogP contribution < -0.4 is 4.72 Å². The van der Waals surface area contributed by atoms with Crippen molar-refractivity contribution in [2.24, 2.45) is 0 Å². The van der Waals surface area contributed by atoms with Gasteiger partial charge in [-0.05, 0) is 42.0 Å². The molecular formula is C24H21F3N4O4S. The fraction of sp³-hybridized carbons (Fsp3) is 0.167. The molecule has 0 amide bonds. The van der Waals surface area contributed by atoms with Crippen LogP contribution in [0.5, 0.6) is 0 Å². The van der Waals surface area contributed by atoms with Crippen molar-refractivity contribution in [1.82, 2.24) is 19.5 Å². The average molecular weight is 519 g/mol. The van der Waals surface area contributed by atoms with Gasteiger partial charge < -0.3 is 9.84 Å². The molecule has 0 bridgehead atoms. The molecule has 2 aromatic carbocycles. The number of nitrogens with one attached hydrogen (secondary N) is 1. The summed E-state index contributed by atoms with van der Waals surface area (Å²) in [6.07, 6.45) is 3.21. The number of pyridine rings is 1. The van der Waals surface area contributed by atoms with Gasteiger partial charge in [0.05, 0.1) is 13.2 Å². The largest absolute Gasteiger partial charge is 0.394 e. The van der Waals surface area contributed by atoms with Gasteiger partial charge in [0.2, 0.25) is 10.0 Å². The number of aliphatic hydroxyl groups is 1. The number of nitrogens with zero attached hydrogens (tertiary/aromatic N) is 3. The molecule has 0 aliphatic rings. The van der Waals surface area contributed by atoms with Crippen molar-refractivity contribution in [3.63, 3.8) is 0 Å². The molecule has 0 radical (unpaired) electrons. The predicted octanol–water partition coefficient (Wildman–Crippen LogP) is 3.65. The van der Waals surface area contributed by atoms with Crippen molar-refractivity contribution >= 4 is 10.0 Å². The normalized spacial score (nSPS) is 12.6. The summed E-state index contributed by atoms with van der Waals surface area (Å²) in [4.78, 5) is 3.04. The van der Waals surface area contributed by atoms with Crippen LogP contribution in [0.25, 0.3) is 22.4 Å². The Morgan fingerprint density at radius 1 is 1.08 bits per heavy atom. The Labute approximate surface area is 205 Å². The third kappa shape index (κ3) is 5.16. The number of sulfonamides is 1. The van der Waals surface area contributed by atoms with E-state index in [1.165, 1.54) is 22.9 Å². The van der Waals surface area contributed by atoms with Crippen molar-refractivity contribution in [2.75, 3.05) is 13.7 Å². The Balaban J connectivity index is 1.77. The van der Waals surface area contributed by atoms with Crippen molar-refractivity contribution in [1.29, 1.82) is 0 Å². The van der Waals surface area contributed by atoms with E-state index in [4.69, 9.17) is 4.74 Å². The Hall–Kier alpha value is -3.58. The lowest BCUT2D eigenvalue weighted by atomic mass is 10.00. The molecular weight excluding hydrogens is 497 g/mol. The first-order chi connectivity index (χ1) is 17.2. The fourth-order valence-electron chi connectivity index (χ4n) is 3.64. The van der Waals surface area contributed by atoms with Crippen LogP contribution in [0, 0.1) is 17.5 Å². The Bertz CT molecular complexity index is 1480. The van der Waals surface area contributed by atoms with Crippen molar-refractivity contribution in [3.8, 4) is 22.4 Å². The summed E-state index contributed by atoms with van der Waals surface area (Å²) >= 11 is 0. The number of benzene rings is 2. The van der Waals surface area contributed by atoms with E-state index in [-0.39, 0.29) is 30.0 Å². The Kier molecular flexibility index (Phi) is 7.50. The van der Waals surface area contributed by atoms with E-state index in [0.717, 1.165) is 13.2 Å². The third-order valence-corrected chi connectivity index (χ3v) is 6.75. The third-order valence-electron chi connectivity index (χ3n) is 5.33. The van der Waals surface area contributed by atoms with Crippen molar-refractivity contribution in [3.05, 3.63) is 90.1 Å². The van der Waals surface area contributed by atoms with Gasteiger partial charge in [-0.1, -0.05) is 12.1 Å². The van der Waals surface area contributed by atoms with Crippen LogP contribution in [0.3, 0.4) is 0 Å². The minimum Gasteiger partial charge on any atom is -0.394 e. The first-order valence-electron chi connectivity index (χ1n) is 10.6. The molecule has 12 heteroatoms. The number of methoxy groups -OCH3 is 1. The molecule has 36 heavy (non-hydrogen) atoms. The van der Waals surface area contributed by atoms with Gasteiger partial charge in [-0.25, -0.2) is 21.6 Å². The first kappa shape index (κ1) is 25.5. The van der Waals surface area contributed by atoms with Gasteiger partial charge in [0.1, 0.15) is 34.3 Å². The van der Waals surface area contributed by atoms with E-state index in [2.05, 4.69) is 14.8 Å². The number of hydrogen-bond donors (Lipinski definition) is 2. The average Bonchev–Trinajstić information content (AvgIpc) is 3.28. The summed E-state index contributed by atoms with van der Waals surface area (Å²) in [5.74, 6) is -2.97. The van der Waals surface area contributed by atoms with Crippen LogP contribution in [-0.2, 0) is 21.3 Å². The van der Waals surface area contributed by atoms with Gasteiger partial charge in [-0.2, -0.15) is 9.82 Å². The molecule has 4 rings (SSSR count). The standard InChI is InChI=1S/C24H21F3N4O4S/c1-35-24(30-36(33,34)21-13-16(25)5-6-20(21)26)18-4-2-3-17(22(18)27)23-19(14-31(29-23)11-12-32)15-7-9-28-10-8-15/h2-10,13-14,24,30,32H,11-12H2,1H3. The van der Waals surface area contributed by atoms with Gasteiger partial charge in [-0.15, -0.1) is 0 Å². The summed E-state index contributed by atoms with van der Waals surface area (Å²) in [6.45, 7) is -0.0251. The molecule has 188 valence electrons. The van der Waals surface area contributed by atoms with Gasteiger partial charge >= 0.3 is 0 Å². The lowest BCUT2D eigenvalue weighted by Crippen LogP contribution is -2.31. The van der Waals surface area contributed by atoms with Crippen molar-refractivity contribution < 1.29 is 31.4 Å². The van der Waals surface area contributed by atoms with E-state index < -0.39 is 38.6 Å². The van der Waals surface area contributed by atoms with E-state index in [1.54, 1.807) is 30.7 Å². The summed E-state index contributed by atoms with van der Waals surface area (Å²) < 4.78 is 77.8. The van der Waals surface area contributed by atoms with E-state index in [1.807, 2.05) is 0 Å². The van der Waals surface area contributed by atoms with E-state index >= 15 is 4.39 Å². The van der Waals surface area contributed by atoms with Gasteiger partial charge in [0.25, 0.3) is 0 Å². The van der Waals surface area contributed by atoms with Gasteiger partial charge in [0.15, 0.2) is 0 Å². The van der Waals surface area contributed by atoms with Crippen LogP contribution in [0.1, 0.15) is 11.8 Å². The SMILES string of the molecule is COC(NS(=O)(=O)c1cc(F)ccc1F)c1cccc(-c2nn(CCO)cc2-c2ccncc2)c1F. The smallest absolute Gasteiger partial charge is 0.246 e. The topological polar surface area (TPSA) is 106 Å². The molecule has 2 heterocycles. The predicted molar refractivity (Wildman–Crippen MR) is 124 cm³/mol. The lowest BCUT2D eigenvalue weighted by molar-refractivity contribution is 0.0910. The van der Waals surface area contributed by atoms with Gasteiger partial charge in [-0.3, -0.25) is 9.67 Å². The molecule has 0 fully saturated rings. The number of hydrogen-bond acceptors (Lipinski definition) is 6. The zero-order valence-electron chi connectivity index (χ0n) is 18.9. The highest BCUT2D eigenvalue weighted by atomic mass is 32.2. The Morgan fingerprint density at radius 3 is 2.53 bits per heavy atom. The second kappa shape index (κ2) is 10.6. The lowest BCUT2D eigenvalue weighted by Gasteiger charge is -2.19. The maximum atomic E-state index is 15.8. The zero-order valence-corrected chi connectivity index (χ0v) is 19.7. The highest BCUT2D eigenvalue weighted by Crippen LogP contribution is 2.35. The van der Waals surface area contributed by atoms with E-state index in [0.29, 0.717) is 23.3 Å². The van der Waals surface area contributed by atoms with Crippen LogP contribution in [0.2, 0.25) is 0 Å². The molecule has 2 aromatic heterocycles. The zero-order chi connectivity index (χ0) is 25.9. The van der Waals surface area contributed by atoms with Crippen LogP contribution in [-0.4, -0.2) is 42.0 Å². The van der Waals surface area contributed by atoms with Crippen LogP contribution >= 0.6 is 0 Å². The van der Waals surface area contributed by atoms with Crippen LogP contribution in [0.15, 0.2) is 72.0 Å². The summed E-state index contributed by atoms with van der Waals surface area (Å²) in [6, 6.07) is 9.65. The molecule has 8 nitrogen and oxygen atoms in total. The monoisotopic (exact) mass is 518 g/mol. The fourth-order valence-corrected chi connectivity index (χ4v) is 4.87. The summed E-state index contributed by atoms with van der Waals surface area (Å²) in [5.41, 5.74) is 1.32. The summed E-state index contributed by atoms with van der Waals surface area (Å²) in [5, 5.41) is 13.7. The first-order valence-corrected chi connectivity index (χ1v) is 12.1. The molecule has 4 aromatic rings. The number of rotatable bonds is 9. The molecule has 0 saturated heterocycles. The molecule has 1 atom stereocenters. The summed E-state index contributed by atoms with van der Waals surface area (Å²) in [7, 11) is -3.49. The minimum atomic E-state index is -4.63. The molecule has 0 aliphatic heterocycles. The molecule has 1 unspecified atom stereocenters. The maximum Gasteiger partial charge on any atom is 0.246 e. The number of halogens is 3. The number of aliphatic hydroxyl groups excluding tert-OH is 1. The molecule has 0 saturated carbocycles. The maximum absolute atomic E-state index is 15.8. The van der Waals surface area contributed by atoms with Crippen molar-refractivity contribution in [2.45, 2.75) is 17.7 Å². The second-order valence-electron chi connectivity index (χ2n) is 7.63. The highest BCUT2D eigenvalue weighted by molar-refractivity contribution is 7.89. The quantitative estimate of drug-likeness (QED) is 0.328. The second-order valence-corrected chi connectivity index (χ2v) is 9.32. The highest BCUT2D eigenvalue weighted by Gasteiger charge is 2.28. The number of ether oxygens (including phenoxy) is 1.